The molecule has 20 heavy (non-hydrogen) atoms. The standard InChI is InChI=1S/C17H11ClO2/c18-11-7-5-10-6-8-15-16(13(10)9-11)17(19)12-3-1-2-4-14(12)20-15/h1-10,13H. The highest BCUT2D eigenvalue weighted by atomic mass is 35.5. The molecule has 0 amide bonds. The first-order valence-corrected chi connectivity index (χ1v) is 6.91. The summed E-state index contributed by atoms with van der Waals surface area (Å²) in [5.41, 5.74) is 1.37. The molecule has 0 fully saturated rings. The normalized spacial score (nSPS) is 23.4. The van der Waals surface area contributed by atoms with Crippen LogP contribution in [0.15, 0.2) is 62.8 Å². The fourth-order valence-electron chi connectivity index (χ4n) is 2.93. The molecule has 0 spiro atoms. The third-order valence-corrected chi connectivity index (χ3v) is 4.15. The zero-order chi connectivity index (χ0) is 13.7. The molecule has 1 aromatic carbocycles. The first-order valence-electron chi connectivity index (χ1n) is 6.53. The summed E-state index contributed by atoms with van der Waals surface area (Å²) in [6.45, 7) is 0. The molecule has 1 aromatic heterocycles. The zero-order valence-corrected chi connectivity index (χ0v) is 11.3. The molecule has 2 atom stereocenters. The van der Waals surface area contributed by atoms with Gasteiger partial charge in [0.05, 0.1) is 10.9 Å². The fraction of sp³-hybridized carbons (Fsp3) is 0.118. The van der Waals surface area contributed by atoms with Gasteiger partial charge in [-0.1, -0.05) is 42.0 Å². The number of para-hydroxylation sites is 1. The van der Waals surface area contributed by atoms with E-state index in [0.29, 0.717) is 27.3 Å². The second kappa shape index (κ2) is 4.22. The summed E-state index contributed by atoms with van der Waals surface area (Å²) >= 11 is 6.09. The molecule has 2 aliphatic carbocycles. The molecule has 98 valence electrons. The first-order chi connectivity index (χ1) is 9.74. The third-order valence-electron chi connectivity index (χ3n) is 3.90. The second-order valence-electron chi connectivity index (χ2n) is 5.08. The van der Waals surface area contributed by atoms with Gasteiger partial charge in [0.2, 0.25) is 0 Å². The Balaban J connectivity index is 2.06. The summed E-state index contributed by atoms with van der Waals surface area (Å²) in [4.78, 5) is 12.7. The van der Waals surface area contributed by atoms with Gasteiger partial charge in [0.15, 0.2) is 5.43 Å². The van der Waals surface area contributed by atoms with E-state index in [9.17, 15) is 4.79 Å². The average Bonchev–Trinajstić information content (AvgIpc) is 2.47. The molecule has 0 saturated carbocycles. The maximum absolute atomic E-state index is 12.7. The molecule has 2 nitrogen and oxygen atoms in total. The van der Waals surface area contributed by atoms with Gasteiger partial charge in [0.25, 0.3) is 0 Å². The Morgan fingerprint density at radius 2 is 1.90 bits per heavy atom. The van der Waals surface area contributed by atoms with Crippen LogP contribution >= 0.6 is 11.6 Å². The maximum Gasteiger partial charge on any atom is 0.197 e. The molecule has 0 radical (unpaired) electrons. The molecule has 0 saturated heterocycles. The number of hydrogen-bond acceptors (Lipinski definition) is 2. The molecular weight excluding hydrogens is 272 g/mol. The number of benzene rings is 1. The minimum atomic E-state index is -0.0339. The van der Waals surface area contributed by atoms with Crippen LogP contribution in [0.4, 0.5) is 0 Å². The first kappa shape index (κ1) is 11.7. The number of allylic oxidation sites excluding steroid dienone is 5. The lowest BCUT2D eigenvalue weighted by Gasteiger charge is -2.26. The lowest BCUT2D eigenvalue weighted by Crippen LogP contribution is -2.22. The van der Waals surface area contributed by atoms with Crippen LogP contribution < -0.4 is 5.43 Å². The van der Waals surface area contributed by atoms with Gasteiger partial charge < -0.3 is 4.42 Å². The Labute approximate surface area is 120 Å². The van der Waals surface area contributed by atoms with Crippen molar-refractivity contribution >= 4 is 28.6 Å². The van der Waals surface area contributed by atoms with Gasteiger partial charge in [-0.3, -0.25) is 4.79 Å². The predicted octanol–water partition coefficient (Wildman–Crippen LogP) is 4.21. The van der Waals surface area contributed by atoms with Gasteiger partial charge >= 0.3 is 0 Å². The summed E-state index contributed by atoms with van der Waals surface area (Å²) in [5.74, 6) is 0.786. The fourth-order valence-corrected chi connectivity index (χ4v) is 3.14. The molecule has 0 bridgehead atoms. The largest absolute Gasteiger partial charge is 0.456 e. The van der Waals surface area contributed by atoms with Gasteiger partial charge in [0, 0.05) is 16.9 Å². The van der Waals surface area contributed by atoms with E-state index in [4.69, 9.17) is 16.0 Å². The third kappa shape index (κ3) is 1.61. The van der Waals surface area contributed by atoms with Crippen molar-refractivity contribution in [1.82, 2.24) is 0 Å². The highest BCUT2D eigenvalue weighted by Crippen LogP contribution is 2.39. The second-order valence-corrected chi connectivity index (χ2v) is 5.51. The molecule has 0 aliphatic heterocycles. The van der Waals surface area contributed by atoms with Gasteiger partial charge in [-0.05, 0) is 24.3 Å². The molecule has 2 aromatic rings. The summed E-state index contributed by atoms with van der Waals surface area (Å²) in [6.07, 6.45) is 9.78. The van der Waals surface area contributed by atoms with Crippen LogP contribution in [-0.2, 0) is 0 Å². The highest BCUT2D eigenvalue weighted by molar-refractivity contribution is 6.31. The van der Waals surface area contributed by atoms with Crippen molar-refractivity contribution in [2.75, 3.05) is 0 Å². The topological polar surface area (TPSA) is 30.2 Å². The highest BCUT2D eigenvalue weighted by Gasteiger charge is 2.29. The van der Waals surface area contributed by atoms with Gasteiger partial charge in [-0.15, -0.1) is 0 Å². The van der Waals surface area contributed by atoms with E-state index in [-0.39, 0.29) is 17.3 Å². The lowest BCUT2D eigenvalue weighted by atomic mass is 9.78. The summed E-state index contributed by atoms with van der Waals surface area (Å²) in [6, 6.07) is 7.35. The van der Waals surface area contributed by atoms with Crippen molar-refractivity contribution in [3.8, 4) is 0 Å². The number of rotatable bonds is 0. The maximum atomic E-state index is 12.7. The smallest absolute Gasteiger partial charge is 0.197 e. The van der Waals surface area contributed by atoms with Gasteiger partial charge in [0.1, 0.15) is 11.3 Å². The Hall–Kier alpha value is -2.06. The number of hydrogen-bond donors (Lipinski definition) is 0. The number of halogens is 1. The van der Waals surface area contributed by atoms with Crippen LogP contribution in [0.5, 0.6) is 0 Å². The van der Waals surface area contributed by atoms with Crippen molar-refractivity contribution in [3.63, 3.8) is 0 Å². The van der Waals surface area contributed by atoms with Crippen LogP contribution in [0.25, 0.3) is 17.0 Å². The van der Waals surface area contributed by atoms with Crippen molar-refractivity contribution in [1.29, 1.82) is 0 Å². The molecule has 3 heteroatoms. The summed E-state index contributed by atoms with van der Waals surface area (Å²) in [7, 11) is 0. The van der Waals surface area contributed by atoms with Crippen molar-refractivity contribution < 1.29 is 4.42 Å². The molecule has 2 aliphatic rings. The van der Waals surface area contributed by atoms with E-state index in [1.54, 1.807) is 6.07 Å². The summed E-state index contributed by atoms with van der Waals surface area (Å²) < 4.78 is 5.87. The van der Waals surface area contributed by atoms with Crippen LogP contribution in [-0.4, -0.2) is 0 Å². The van der Waals surface area contributed by atoms with Crippen LogP contribution in [0.2, 0.25) is 0 Å². The van der Waals surface area contributed by atoms with Crippen molar-refractivity contribution in [2.45, 2.75) is 5.92 Å². The van der Waals surface area contributed by atoms with E-state index in [1.807, 2.05) is 42.5 Å². The Kier molecular flexibility index (Phi) is 2.48. The van der Waals surface area contributed by atoms with Crippen molar-refractivity contribution in [2.24, 2.45) is 5.92 Å². The lowest BCUT2D eigenvalue weighted by molar-refractivity contribution is 0.554. The molecule has 2 unspecified atom stereocenters. The van der Waals surface area contributed by atoms with E-state index < -0.39 is 0 Å². The SMILES string of the molecule is O=c1c2c(oc3ccccc13)C=CC1C=CC(Cl)=CC21. The average molecular weight is 283 g/mol. The van der Waals surface area contributed by atoms with Crippen LogP contribution in [0.1, 0.15) is 17.2 Å². The molecule has 4 rings (SSSR count). The van der Waals surface area contributed by atoms with Gasteiger partial charge in [-0.2, -0.15) is 0 Å². The van der Waals surface area contributed by atoms with E-state index in [0.717, 1.165) is 0 Å². The quantitative estimate of drug-likeness (QED) is 0.724. The van der Waals surface area contributed by atoms with Crippen molar-refractivity contribution in [3.05, 3.63) is 75.1 Å². The molecule has 0 N–H and O–H groups in total. The minimum absolute atomic E-state index is 0.0339. The zero-order valence-electron chi connectivity index (χ0n) is 10.5. The molecular formula is C17H11ClO2. The van der Waals surface area contributed by atoms with E-state index in [2.05, 4.69) is 6.08 Å². The summed E-state index contributed by atoms with van der Waals surface area (Å²) in [5, 5.41) is 1.29. The van der Waals surface area contributed by atoms with Crippen LogP contribution in [0, 0.1) is 5.92 Å². The monoisotopic (exact) mass is 282 g/mol. The van der Waals surface area contributed by atoms with E-state index >= 15 is 0 Å². The number of fused-ring (bicyclic) bond motifs is 4. The minimum Gasteiger partial charge on any atom is -0.456 e. The van der Waals surface area contributed by atoms with E-state index in [1.165, 1.54) is 0 Å². The van der Waals surface area contributed by atoms with Crippen LogP contribution in [0.3, 0.4) is 0 Å². The Bertz CT molecular complexity index is 855. The Morgan fingerprint density at radius 1 is 1.10 bits per heavy atom. The van der Waals surface area contributed by atoms with Gasteiger partial charge in [-0.25, -0.2) is 0 Å². The predicted molar refractivity (Wildman–Crippen MR) is 80.8 cm³/mol. The molecule has 1 heterocycles. The Morgan fingerprint density at radius 3 is 2.80 bits per heavy atom.